The first kappa shape index (κ1) is 26.9. The number of carbonyl (C=O) groups is 5. The van der Waals surface area contributed by atoms with Crippen molar-refractivity contribution >= 4 is 29.8 Å². The first-order chi connectivity index (χ1) is 14.1. The topological polar surface area (TPSA) is 196 Å². The van der Waals surface area contributed by atoms with E-state index in [2.05, 4.69) is 0 Å². The molecule has 0 saturated heterocycles. The first-order valence-corrected chi connectivity index (χ1v) is 8.42. The lowest BCUT2D eigenvalue weighted by molar-refractivity contribution is -0.134. The minimum Gasteiger partial charge on any atom is -0.478 e. The molecule has 0 aliphatic heterocycles. The summed E-state index contributed by atoms with van der Waals surface area (Å²) in [6, 6.07) is 0. The van der Waals surface area contributed by atoms with E-state index in [1.807, 2.05) is 0 Å². The van der Waals surface area contributed by atoms with Crippen LogP contribution in [0.3, 0.4) is 0 Å². The number of rotatable bonds is 11. The Labute approximate surface area is 176 Å². The predicted octanol–water partition coefficient (Wildman–Crippen LogP) is 2.04. The molecule has 0 fully saturated rings. The Balaban J connectivity index is 7.34. The van der Waals surface area contributed by atoms with E-state index in [1.54, 1.807) is 0 Å². The lowest BCUT2D eigenvalue weighted by Gasteiger charge is -2.26. The van der Waals surface area contributed by atoms with E-state index in [-0.39, 0.29) is 5.57 Å². The minimum absolute atomic E-state index is 0.307. The number of hydrogen-bond acceptors (Lipinski definition) is 6. The molecule has 11 heteroatoms. The van der Waals surface area contributed by atoms with Crippen molar-refractivity contribution in [3.05, 3.63) is 58.6 Å². The van der Waals surface area contributed by atoms with Crippen LogP contribution in [0.4, 0.5) is 0 Å². The number of allylic oxidation sites excluding steroid dienone is 3. The second-order valence-corrected chi connectivity index (χ2v) is 6.41. The SMILES string of the molecule is CC(=COC=C(C(=O)O)C(C=C(C)C(=O)O)(C=C(C)C(=O)O)C=C(C)C(=O)O)C(=O)O. The highest BCUT2D eigenvalue weighted by molar-refractivity contribution is 5.95. The molecule has 5 N–H and O–H groups in total. The molecular weight excluding hydrogens is 416 g/mol. The molecule has 0 aromatic rings. The Morgan fingerprint density at radius 2 is 0.871 bits per heavy atom. The van der Waals surface area contributed by atoms with Crippen LogP contribution in [0, 0.1) is 5.41 Å². The smallest absolute Gasteiger partial charge is 0.336 e. The molecular formula is C20H22O11. The van der Waals surface area contributed by atoms with Gasteiger partial charge in [0, 0.05) is 16.7 Å². The van der Waals surface area contributed by atoms with Crippen LogP contribution in [0.15, 0.2) is 58.6 Å². The molecule has 0 saturated carbocycles. The van der Waals surface area contributed by atoms with Crippen LogP contribution in [-0.2, 0) is 28.7 Å². The molecule has 0 aromatic heterocycles. The molecule has 0 aliphatic rings. The van der Waals surface area contributed by atoms with Crippen LogP contribution in [-0.4, -0.2) is 55.4 Å². The Morgan fingerprint density at radius 3 is 1.13 bits per heavy atom. The third-order valence-electron chi connectivity index (χ3n) is 3.84. The van der Waals surface area contributed by atoms with Gasteiger partial charge in [0.05, 0.1) is 16.6 Å². The number of hydrogen-bond donors (Lipinski definition) is 5. The van der Waals surface area contributed by atoms with E-state index in [0.29, 0.717) is 12.5 Å². The maximum atomic E-state index is 12.0. The summed E-state index contributed by atoms with van der Waals surface area (Å²) in [5.41, 5.74) is -4.54. The molecule has 11 nitrogen and oxygen atoms in total. The Kier molecular flexibility index (Phi) is 9.65. The summed E-state index contributed by atoms with van der Waals surface area (Å²) in [5, 5.41) is 46.3. The van der Waals surface area contributed by atoms with E-state index in [4.69, 9.17) is 9.84 Å². The first-order valence-electron chi connectivity index (χ1n) is 8.42. The second-order valence-electron chi connectivity index (χ2n) is 6.41. The Bertz CT molecular complexity index is 868. The summed E-state index contributed by atoms with van der Waals surface area (Å²) in [4.78, 5) is 57.0. The molecule has 0 spiro atoms. The van der Waals surface area contributed by atoms with Crippen molar-refractivity contribution in [1.29, 1.82) is 0 Å². The standard InChI is InChI=1S/C20H22O11/c1-10(15(21)22)5-20(6-11(2)16(23)24,7-12(3)17(25)26)14(19(29)30)9-31-8-13(4)18(27)28/h5-9H,1-4H3,(H,21,22)(H,23,24)(H,25,26)(H,27,28)(H,29,30). The van der Waals surface area contributed by atoms with Gasteiger partial charge in [-0.25, -0.2) is 24.0 Å². The molecule has 0 aromatic carbocycles. The van der Waals surface area contributed by atoms with E-state index in [9.17, 15) is 44.4 Å². The summed E-state index contributed by atoms with van der Waals surface area (Å²) >= 11 is 0. The van der Waals surface area contributed by atoms with Crippen molar-refractivity contribution in [2.45, 2.75) is 27.7 Å². The summed E-state index contributed by atoms with van der Waals surface area (Å²) < 4.78 is 4.90. The second kappa shape index (κ2) is 11.1. The van der Waals surface area contributed by atoms with Gasteiger partial charge in [-0.05, 0) is 27.7 Å². The van der Waals surface area contributed by atoms with Gasteiger partial charge in [0.2, 0.25) is 0 Å². The van der Waals surface area contributed by atoms with Gasteiger partial charge < -0.3 is 30.3 Å². The van der Waals surface area contributed by atoms with Crippen molar-refractivity contribution in [1.82, 2.24) is 0 Å². The van der Waals surface area contributed by atoms with Gasteiger partial charge in [0.15, 0.2) is 0 Å². The number of ether oxygens (including phenoxy) is 1. The molecule has 0 atom stereocenters. The normalized spacial score (nSPS) is 15.7. The minimum atomic E-state index is -2.19. The van der Waals surface area contributed by atoms with Gasteiger partial charge in [-0.3, -0.25) is 0 Å². The van der Waals surface area contributed by atoms with Gasteiger partial charge in [-0.1, -0.05) is 18.2 Å². The average Bonchev–Trinajstić information content (AvgIpc) is 2.63. The molecule has 0 aliphatic carbocycles. The molecule has 31 heavy (non-hydrogen) atoms. The van der Waals surface area contributed by atoms with Crippen molar-refractivity contribution in [3.8, 4) is 0 Å². The van der Waals surface area contributed by atoms with Crippen LogP contribution in [0.5, 0.6) is 0 Å². The summed E-state index contributed by atoms with van der Waals surface area (Å²) in [5.74, 6) is -7.49. The molecule has 0 unspecified atom stereocenters. The van der Waals surface area contributed by atoms with Gasteiger partial charge >= 0.3 is 29.8 Å². The van der Waals surface area contributed by atoms with Crippen molar-refractivity contribution in [2.24, 2.45) is 5.41 Å². The van der Waals surface area contributed by atoms with Gasteiger partial charge in [-0.15, -0.1) is 0 Å². The number of aliphatic carboxylic acids is 5. The lowest BCUT2D eigenvalue weighted by Crippen LogP contribution is -2.26. The summed E-state index contributed by atoms with van der Waals surface area (Å²) in [7, 11) is 0. The maximum Gasteiger partial charge on any atom is 0.336 e. The van der Waals surface area contributed by atoms with E-state index in [1.165, 1.54) is 0 Å². The van der Waals surface area contributed by atoms with Gasteiger partial charge in [0.1, 0.15) is 12.5 Å². The summed E-state index contributed by atoms with van der Waals surface area (Å²) in [6.07, 6.45) is 3.82. The monoisotopic (exact) mass is 438 g/mol. The van der Waals surface area contributed by atoms with E-state index >= 15 is 0 Å². The quantitative estimate of drug-likeness (QED) is 0.234. The highest BCUT2D eigenvalue weighted by Crippen LogP contribution is 2.37. The third-order valence-corrected chi connectivity index (χ3v) is 3.84. The fourth-order valence-electron chi connectivity index (χ4n) is 2.21. The molecule has 0 rings (SSSR count). The molecule has 0 heterocycles. The summed E-state index contributed by atoms with van der Waals surface area (Å²) in [6.45, 7) is 4.45. The molecule has 0 amide bonds. The number of carboxylic acids is 5. The van der Waals surface area contributed by atoms with E-state index in [0.717, 1.165) is 45.9 Å². The molecule has 0 bridgehead atoms. The Hall–Kier alpha value is -4.15. The highest BCUT2D eigenvalue weighted by Gasteiger charge is 2.36. The van der Waals surface area contributed by atoms with Crippen molar-refractivity contribution in [2.75, 3.05) is 0 Å². The van der Waals surface area contributed by atoms with Gasteiger partial charge in [-0.2, -0.15) is 0 Å². The van der Waals surface area contributed by atoms with Crippen LogP contribution in [0.25, 0.3) is 0 Å². The zero-order chi connectivity index (χ0) is 24.5. The number of carboxylic acid groups (broad SMARTS) is 5. The fraction of sp³-hybridized carbons (Fsp3) is 0.250. The van der Waals surface area contributed by atoms with Crippen LogP contribution in [0.1, 0.15) is 27.7 Å². The molecule has 168 valence electrons. The zero-order valence-electron chi connectivity index (χ0n) is 17.1. The largest absolute Gasteiger partial charge is 0.478 e. The average molecular weight is 438 g/mol. The van der Waals surface area contributed by atoms with Crippen LogP contribution in [0.2, 0.25) is 0 Å². The Morgan fingerprint density at radius 1 is 0.548 bits per heavy atom. The fourth-order valence-corrected chi connectivity index (χ4v) is 2.21. The van der Waals surface area contributed by atoms with E-state index < -0.39 is 57.6 Å². The molecule has 0 radical (unpaired) electrons. The zero-order valence-corrected chi connectivity index (χ0v) is 17.1. The third kappa shape index (κ3) is 8.01. The van der Waals surface area contributed by atoms with Crippen LogP contribution >= 0.6 is 0 Å². The predicted molar refractivity (Wildman–Crippen MR) is 105 cm³/mol. The van der Waals surface area contributed by atoms with Crippen molar-refractivity contribution in [3.63, 3.8) is 0 Å². The highest BCUT2D eigenvalue weighted by atomic mass is 16.5. The lowest BCUT2D eigenvalue weighted by atomic mass is 9.76. The van der Waals surface area contributed by atoms with Crippen LogP contribution < -0.4 is 0 Å². The van der Waals surface area contributed by atoms with Crippen molar-refractivity contribution < 1.29 is 54.2 Å². The maximum absolute atomic E-state index is 12.0. The van der Waals surface area contributed by atoms with Gasteiger partial charge in [0.25, 0.3) is 0 Å².